The molecular formula is C19H24N2O3. The van der Waals surface area contributed by atoms with Gasteiger partial charge in [-0.3, -0.25) is 9.59 Å². The highest BCUT2D eigenvalue weighted by atomic mass is 16.4. The zero-order chi connectivity index (χ0) is 17.8. The van der Waals surface area contributed by atoms with Crippen molar-refractivity contribution in [2.24, 2.45) is 21.4 Å². The predicted molar refractivity (Wildman–Crippen MR) is 92.2 cm³/mol. The van der Waals surface area contributed by atoms with Gasteiger partial charge >= 0.3 is 0 Å². The maximum absolute atomic E-state index is 13.1. The van der Waals surface area contributed by atoms with Crippen molar-refractivity contribution >= 4 is 23.1 Å². The molecule has 2 bridgehead atoms. The summed E-state index contributed by atoms with van der Waals surface area (Å²) in [6.45, 7) is 7.84. The van der Waals surface area contributed by atoms with Gasteiger partial charge in [0, 0.05) is 11.1 Å². The van der Waals surface area contributed by atoms with Crippen LogP contribution in [0.1, 0.15) is 46.1 Å². The number of benzene rings is 1. The molecule has 0 aromatic heterocycles. The van der Waals surface area contributed by atoms with Crippen LogP contribution >= 0.6 is 0 Å². The Labute approximate surface area is 142 Å². The average molecular weight is 328 g/mol. The standard InChI is InChI=1S/C19H24N2O3/c1-5-12-6-8-13(9-7-12)20-16(23)19-11-10-18(4,17(19,2)3)14(21-24)15(19)22/h6-9,24H,5,10-11H2,1-4H3,(H,20,23). The van der Waals surface area contributed by atoms with E-state index >= 15 is 0 Å². The third kappa shape index (κ3) is 1.78. The van der Waals surface area contributed by atoms with Gasteiger partial charge < -0.3 is 10.5 Å². The number of nitrogens with zero attached hydrogens (tertiary/aromatic N) is 1. The van der Waals surface area contributed by atoms with Gasteiger partial charge in [-0.05, 0) is 42.4 Å². The number of Topliss-reactive ketones (excluding diaryl/α,β-unsaturated/α-hetero) is 1. The van der Waals surface area contributed by atoms with Crippen LogP contribution in [0.25, 0.3) is 0 Å². The van der Waals surface area contributed by atoms with Crippen LogP contribution in [0.2, 0.25) is 0 Å². The molecule has 2 aliphatic carbocycles. The number of hydrogen-bond acceptors (Lipinski definition) is 4. The molecule has 1 amide bonds. The molecule has 0 radical (unpaired) electrons. The summed E-state index contributed by atoms with van der Waals surface area (Å²) in [5.41, 5.74) is -0.360. The maximum Gasteiger partial charge on any atom is 0.239 e. The van der Waals surface area contributed by atoms with Gasteiger partial charge in [-0.1, -0.05) is 45.0 Å². The summed E-state index contributed by atoms with van der Waals surface area (Å²) in [5.74, 6) is -0.643. The molecule has 5 nitrogen and oxygen atoms in total. The molecule has 2 aliphatic rings. The van der Waals surface area contributed by atoms with Gasteiger partial charge in [0.2, 0.25) is 5.91 Å². The summed E-state index contributed by atoms with van der Waals surface area (Å²) in [5, 5.41) is 15.5. The molecule has 2 saturated carbocycles. The predicted octanol–water partition coefficient (Wildman–Crippen LogP) is 3.41. The highest BCUT2D eigenvalue weighted by Crippen LogP contribution is 2.69. The van der Waals surface area contributed by atoms with Crippen LogP contribution in [0.4, 0.5) is 5.69 Å². The largest absolute Gasteiger partial charge is 0.411 e. The van der Waals surface area contributed by atoms with Crippen molar-refractivity contribution < 1.29 is 14.8 Å². The van der Waals surface area contributed by atoms with Crippen LogP contribution in [0, 0.1) is 16.2 Å². The Bertz CT molecular complexity index is 735. The van der Waals surface area contributed by atoms with E-state index in [-0.39, 0.29) is 17.4 Å². The number of amides is 1. The van der Waals surface area contributed by atoms with Crippen LogP contribution in [0.3, 0.4) is 0 Å². The highest BCUT2D eigenvalue weighted by Gasteiger charge is 2.76. The van der Waals surface area contributed by atoms with Gasteiger partial charge in [0.25, 0.3) is 0 Å². The Kier molecular flexibility index (Phi) is 3.59. The Hall–Kier alpha value is -2.17. The number of ketones is 1. The molecule has 2 unspecified atom stereocenters. The topological polar surface area (TPSA) is 78.8 Å². The Morgan fingerprint density at radius 1 is 1.21 bits per heavy atom. The summed E-state index contributed by atoms with van der Waals surface area (Å²) in [6.07, 6.45) is 2.07. The third-order valence-electron chi connectivity index (χ3n) is 6.68. The molecular weight excluding hydrogens is 304 g/mol. The normalized spacial score (nSPS) is 32.3. The first-order valence-corrected chi connectivity index (χ1v) is 8.42. The summed E-state index contributed by atoms with van der Waals surface area (Å²) in [7, 11) is 0. The lowest BCUT2D eigenvalue weighted by Gasteiger charge is -2.37. The second kappa shape index (κ2) is 5.16. The van der Waals surface area contributed by atoms with Crippen molar-refractivity contribution in [3.05, 3.63) is 29.8 Å². The summed E-state index contributed by atoms with van der Waals surface area (Å²) >= 11 is 0. The molecule has 0 spiro atoms. The highest BCUT2D eigenvalue weighted by molar-refractivity contribution is 6.51. The summed E-state index contributed by atoms with van der Waals surface area (Å²) in [6, 6.07) is 7.65. The van der Waals surface area contributed by atoms with E-state index in [2.05, 4.69) is 17.4 Å². The number of oxime groups is 1. The Morgan fingerprint density at radius 3 is 2.33 bits per heavy atom. The zero-order valence-electron chi connectivity index (χ0n) is 14.6. The molecule has 0 aliphatic heterocycles. The van der Waals surface area contributed by atoms with Crippen molar-refractivity contribution in [2.75, 3.05) is 5.32 Å². The molecule has 0 saturated heterocycles. The molecule has 0 heterocycles. The minimum Gasteiger partial charge on any atom is -0.411 e. The number of fused-ring (bicyclic) bond motifs is 2. The van der Waals surface area contributed by atoms with E-state index in [1.54, 1.807) is 0 Å². The summed E-state index contributed by atoms with van der Waals surface area (Å²) < 4.78 is 0. The molecule has 2 N–H and O–H groups in total. The molecule has 1 aromatic rings. The smallest absolute Gasteiger partial charge is 0.239 e. The Morgan fingerprint density at radius 2 is 1.83 bits per heavy atom. The summed E-state index contributed by atoms with van der Waals surface area (Å²) in [4.78, 5) is 26.0. The number of anilines is 1. The van der Waals surface area contributed by atoms with Crippen LogP contribution in [-0.4, -0.2) is 22.6 Å². The minimum atomic E-state index is -1.17. The molecule has 1 aromatic carbocycles. The maximum atomic E-state index is 13.1. The lowest BCUT2D eigenvalue weighted by molar-refractivity contribution is -0.140. The minimum absolute atomic E-state index is 0.134. The van der Waals surface area contributed by atoms with Crippen LogP contribution < -0.4 is 5.32 Å². The van der Waals surface area contributed by atoms with Crippen molar-refractivity contribution in [1.82, 2.24) is 0 Å². The van der Waals surface area contributed by atoms with Crippen molar-refractivity contribution in [3.8, 4) is 0 Å². The van der Waals surface area contributed by atoms with Gasteiger partial charge in [0.05, 0.1) is 0 Å². The van der Waals surface area contributed by atoms with Gasteiger partial charge in [0.1, 0.15) is 11.1 Å². The molecule has 24 heavy (non-hydrogen) atoms. The number of hydrogen-bond donors (Lipinski definition) is 2. The van der Waals surface area contributed by atoms with E-state index in [1.807, 2.05) is 45.0 Å². The lowest BCUT2D eigenvalue weighted by Crippen LogP contribution is -2.47. The van der Waals surface area contributed by atoms with Crippen LogP contribution in [0.5, 0.6) is 0 Å². The fourth-order valence-electron chi connectivity index (χ4n) is 4.52. The van der Waals surface area contributed by atoms with Gasteiger partial charge in [-0.2, -0.15) is 0 Å². The quantitative estimate of drug-likeness (QED) is 0.507. The van der Waals surface area contributed by atoms with Gasteiger partial charge in [-0.15, -0.1) is 0 Å². The first kappa shape index (κ1) is 16.7. The second-order valence-corrected chi connectivity index (χ2v) is 7.64. The monoisotopic (exact) mass is 328 g/mol. The first-order chi connectivity index (χ1) is 11.2. The molecule has 128 valence electrons. The SMILES string of the molecule is CCc1ccc(NC(=O)C23CCC(C)(C(=NO)C2=O)C3(C)C)cc1. The fourth-order valence-corrected chi connectivity index (χ4v) is 4.52. The molecule has 2 fully saturated rings. The van der Waals surface area contributed by atoms with Gasteiger partial charge in [-0.25, -0.2) is 0 Å². The van der Waals surface area contributed by atoms with E-state index in [1.165, 1.54) is 5.56 Å². The fraction of sp³-hybridized carbons (Fsp3) is 0.526. The molecule has 2 atom stereocenters. The Balaban J connectivity index is 1.97. The third-order valence-corrected chi connectivity index (χ3v) is 6.68. The average Bonchev–Trinajstić information content (AvgIpc) is 2.83. The van der Waals surface area contributed by atoms with Crippen molar-refractivity contribution in [3.63, 3.8) is 0 Å². The van der Waals surface area contributed by atoms with Crippen LogP contribution in [0.15, 0.2) is 29.4 Å². The zero-order valence-corrected chi connectivity index (χ0v) is 14.6. The van der Waals surface area contributed by atoms with E-state index in [0.29, 0.717) is 18.5 Å². The van der Waals surface area contributed by atoms with E-state index < -0.39 is 16.2 Å². The van der Waals surface area contributed by atoms with Crippen molar-refractivity contribution in [2.45, 2.75) is 47.0 Å². The van der Waals surface area contributed by atoms with E-state index in [4.69, 9.17) is 0 Å². The molecule has 5 heteroatoms. The second-order valence-electron chi connectivity index (χ2n) is 7.64. The number of aryl methyl sites for hydroxylation is 1. The number of nitrogens with one attached hydrogen (secondary N) is 1. The van der Waals surface area contributed by atoms with E-state index in [9.17, 15) is 14.8 Å². The number of carbonyl (C=O) groups excluding carboxylic acids is 2. The lowest BCUT2D eigenvalue weighted by atomic mass is 9.64. The number of rotatable bonds is 3. The number of carbonyl (C=O) groups is 2. The van der Waals surface area contributed by atoms with Gasteiger partial charge in [0.15, 0.2) is 5.78 Å². The van der Waals surface area contributed by atoms with Crippen LogP contribution in [-0.2, 0) is 16.0 Å². The first-order valence-electron chi connectivity index (χ1n) is 8.42. The van der Waals surface area contributed by atoms with E-state index in [0.717, 1.165) is 6.42 Å². The molecule has 3 rings (SSSR count). The van der Waals surface area contributed by atoms with Crippen molar-refractivity contribution in [1.29, 1.82) is 0 Å².